The maximum Gasteiger partial charge on any atom is 0.296 e. The smallest absolute Gasteiger partial charge is 0.296 e. The first-order valence-electron chi connectivity index (χ1n) is 4.29. The molecule has 5 heteroatoms. The van der Waals surface area contributed by atoms with Gasteiger partial charge in [0.2, 0.25) is 0 Å². The van der Waals surface area contributed by atoms with Crippen molar-refractivity contribution in [3.63, 3.8) is 0 Å². The van der Waals surface area contributed by atoms with Crippen molar-refractivity contribution in [1.29, 1.82) is 0 Å². The van der Waals surface area contributed by atoms with Crippen molar-refractivity contribution in [2.75, 3.05) is 5.32 Å². The van der Waals surface area contributed by atoms with Crippen LogP contribution in [0.1, 0.15) is 21.5 Å². The zero-order chi connectivity index (χ0) is 11.3. The van der Waals surface area contributed by atoms with Crippen molar-refractivity contribution < 1.29 is 9.59 Å². The van der Waals surface area contributed by atoms with Crippen molar-refractivity contribution in [3.8, 4) is 0 Å². The Balaban J connectivity index is 2.86. The molecule has 2 rings (SSSR count). The van der Waals surface area contributed by atoms with E-state index in [1.165, 1.54) is 0 Å². The first-order valence-corrected chi connectivity index (χ1v) is 5.04. The van der Waals surface area contributed by atoms with E-state index in [0.717, 1.165) is 0 Å². The van der Waals surface area contributed by atoms with Crippen LogP contribution in [0.2, 0.25) is 10.0 Å². The van der Waals surface area contributed by atoms with Crippen LogP contribution < -0.4 is 5.32 Å². The zero-order valence-corrected chi connectivity index (χ0v) is 9.58. The molecule has 15 heavy (non-hydrogen) atoms. The summed E-state index contributed by atoms with van der Waals surface area (Å²) < 4.78 is 0. The Morgan fingerprint density at radius 3 is 2.20 bits per heavy atom. The third-order valence-corrected chi connectivity index (χ3v) is 3.54. The largest absolute Gasteiger partial charge is 0.317 e. The highest BCUT2D eigenvalue weighted by Gasteiger charge is 2.33. The molecule has 0 spiro atoms. The van der Waals surface area contributed by atoms with Gasteiger partial charge in [-0.1, -0.05) is 23.2 Å². The number of halogens is 2. The molecule has 0 aliphatic carbocycles. The topological polar surface area (TPSA) is 46.2 Å². The Morgan fingerprint density at radius 2 is 1.60 bits per heavy atom. The van der Waals surface area contributed by atoms with E-state index in [9.17, 15) is 9.59 Å². The fraction of sp³-hybridized carbons (Fsp3) is 0.200. The zero-order valence-electron chi connectivity index (χ0n) is 8.07. The summed E-state index contributed by atoms with van der Waals surface area (Å²) in [6.07, 6.45) is 0. The summed E-state index contributed by atoms with van der Waals surface area (Å²) in [4.78, 5) is 22.7. The maximum absolute atomic E-state index is 11.5. The highest BCUT2D eigenvalue weighted by Crippen LogP contribution is 2.40. The minimum absolute atomic E-state index is 0.292. The van der Waals surface area contributed by atoms with Crippen molar-refractivity contribution in [2.45, 2.75) is 13.8 Å². The third kappa shape index (κ3) is 1.27. The number of hydrogen-bond acceptors (Lipinski definition) is 2. The number of amides is 1. The van der Waals surface area contributed by atoms with Crippen LogP contribution in [0.15, 0.2) is 0 Å². The first kappa shape index (κ1) is 10.5. The van der Waals surface area contributed by atoms with E-state index in [1.54, 1.807) is 13.8 Å². The summed E-state index contributed by atoms with van der Waals surface area (Å²) in [5.74, 6) is -1.23. The number of Topliss-reactive ketones (excluding diaryl/α,β-unsaturated/α-hetero) is 1. The average molecular weight is 244 g/mol. The number of rotatable bonds is 0. The average Bonchev–Trinajstić information content (AvgIpc) is 2.50. The fourth-order valence-corrected chi connectivity index (χ4v) is 2.13. The molecule has 0 fully saturated rings. The lowest BCUT2D eigenvalue weighted by Crippen LogP contribution is -2.12. The molecule has 1 N–H and O–H groups in total. The number of hydrogen-bond donors (Lipinski definition) is 1. The fourth-order valence-electron chi connectivity index (χ4n) is 1.66. The molecule has 0 bridgehead atoms. The summed E-state index contributed by atoms with van der Waals surface area (Å²) in [7, 11) is 0. The van der Waals surface area contributed by atoms with Crippen LogP contribution in [0.25, 0.3) is 0 Å². The van der Waals surface area contributed by atoms with Gasteiger partial charge in [0.1, 0.15) is 0 Å². The Hall–Kier alpha value is -1.06. The molecule has 1 aromatic carbocycles. The molecular weight excluding hydrogens is 237 g/mol. The quantitative estimate of drug-likeness (QED) is 0.713. The van der Waals surface area contributed by atoms with Gasteiger partial charge in [-0.3, -0.25) is 9.59 Å². The molecule has 1 aliphatic heterocycles. The monoisotopic (exact) mass is 243 g/mol. The van der Waals surface area contributed by atoms with E-state index in [-0.39, 0.29) is 0 Å². The molecule has 0 saturated carbocycles. The molecule has 3 nitrogen and oxygen atoms in total. The summed E-state index contributed by atoms with van der Waals surface area (Å²) in [5, 5.41) is 3.21. The number of carbonyl (C=O) groups excluding carboxylic acids is 2. The Labute approximate surface area is 96.4 Å². The van der Waals surface area contributed by atoms with Crippen LogP contribution in [-0.4, -0.2) is 11.7 Å². The first-order chi connectivity index (χ1) is 6.95. The predicted octanol–water partition coefficient (Wildman–Crippen LogP) is 2.75. The summed E-state index contributed by atoms with van der Waals surface area (Å²) >= 11 is 12.0. The molecule has 0 aromatic heterocycles. The number of carbonyl (C=O) groups is 2. The second-order valence-electron chi connectivity index (χ2n) is 3.41. The third-order valence-electron chi connectivity index (χ3n) is 2.50. The predicted molar refractivity (Wildman–Crippen MR) is 58.9 cm³/mol. The number of ketones is 1. The second-order valence-corrected chi connectivity index (χ2v) is 4.17. The molecule has 0 atom stereocenters. The normalized spacial score (nSPS) is 14.1. The van der Waals surface area contributed by atoms with Crippen LogP contribution in [-0.2, 0) is 4.79 Å². The number of nitrogens with one attached hydrogen (secondary N) is 1. The molecule has 0 saturated heterocycles. The van der Waals surface area contributed by atoms with Gasteiger partial charge in [-0.2, -0.15) is 0 Å². The van der Waals surface area contributed by atoms with Crippen LogP contribution in [0.3, 0.4) is 0 Å². The van der Waals surface area contributed by atoms with Gasteiger partial charge in [-0.05, 0) is 25.0 Å². The summed E-state index contributed by atoms with van der Waals surface area (Å²) in [6.45, 7) is 3.44. The van der Waals surface area contributed by atoms with Gasteiger partial charge >= 0.3 is 0 Å². The van der Waals surface area contributed by atoms with E-state index >= 15 is 0 Å². The molecule has 78 valence electrons. The van der Waals surface area contributed by atoms with Gasteiger partial charge in [0, 0.05) is 5.02 Å². The van der Waals surface area contributed by atoms with Crippen molar-refractivity contribution in [3.05, 3.63) is 26.7 Å². The van der Waals surface area contributed by atoms with Gasteiger partial charge in [-0.15, -0.1) is 0 Å². The lowest BCUT2D eigenvalue weighted by molar-refractivity contribution is -0.112. The van der Waals surface area contributed by atoms with E-state index in [2.05, 4.69) is 5.32 Å². The molecule has 1 amide bonds. The maximum atomic E-state index is 11.5. The molecule has 1 aliphatic rings. The molecule has 1 aromatic rings. The Kier molecular flexibility index (Phi) is 2.24. The molecule has 0 radical (unpaired) electrons. The van der Waals surface area contributed by atoms with E-state index < -0.39 is 11.7 Å². The van der Waals surface area contributed by atoms with Crippen molar-refractivity contribution in [1.82, 2.24) is 0 Å². The SMILES string of the molecule is Cc1c(Cl)c(C)c2c(c1Cl)NC(=O)C2=O. The lowest BCUT2D eigenvalue weighted by Gasteiger charge is -2.10. The van der Waals surface area contributed by atoms with Crippen LogP contribution in [0.4, 0.5) is 5.69 Å². The highest BCUT2D eigenvalue weighted by atomic mass is 35.5. The Morgan fingerprint density at radius 1 is 1.00 bits per heavy atom. The van der Waals surface area contributed by atoms with Gasteiger partial charge in [0.15, 0.2) is 0 Å². The van der Waals surface area contributed by atoms with E-state index in [1.807, 2.05) is 0 Å². The van der Waals surface area contributed by atoms with E-state index in [4.69, 9.17) is 23.2 Å². The second kappa shape index (κ2) is 3.22. The van der Waals surface area contributed by atoms with E-state index in [0.29, 0.717) is 32.4 Å². The van der Waals surface area contributed by atoms with Crippen molar-refractivity contribution >= 4 is 40.6 Å². The van der Waals surface area contributed by atoms with Crippen molar-refractivity contribution in [2.24, 2.45) is 0 Å². The number of fused-ring (bicyclic) bond motifs is 1. The van der Waals surface area contributed by atoms with Gasteiger partial charge in [-0.25, -0.2) is 0 Å². The van der Waals surface area contributed by atoms with Gasteiger partial charge in [0.25, 0.3) is 11.7 Å². The summed E-state index contributed by atoms with van der Waals surface area (Å²) in [5.41, 5.74) is 1.94. The van der Waals surface area contributed by atoms with Gasteiger partial charge in [0.05, 0.1) is 16.3 Å². The lowest BCUT2D eigenvalue weighted by atomic mass is 10.0. The van der Waals surface area contributed by atoms with Crippen LogP contribution in [0.5, 0.6) is 0 Å². The van der Waals surface area contributed by atoms with Crippen LogP contribution in [0, 0.1) is 13.8 Å². The van der Waals surface area contributed by atoms with Crippen LogP contribution >= 0.6 is 23.2 Å². The molecule has 1 heterocycles. The Bertz CT molecular complexity index is 509. The van der Waals surface area contributed by atoms with Gasteiger partial charge < -0.3 is 5.32 Å². The highest BCUT2D eigenvalue weighted by molar-refractivity contribution is 6.54. The minimum atomic E-state index is -0.656. The number of benzene rings is 1. The molecular formula is C10H7Cl2NO2. The summed E-state index contributed by atoms with van der Waals surface area (Å²) in [6, 6.07) is 0. The minimum Gasteiger partial charge on any atom is -0.317 e. The number of anilines is 1. The molecule has 0 unspecified atom stereocenters. The standard InChI is InChI=1S/C10H7Cl2NO2/c1-3-5-8(13-10(15)9(5)14)7(12)4(2)6(3)11/h1-2H3,(H,13,14,15).